The van der Waals surface area contributed by atoms with Gasteiger partial charge in [0.25, 0.3) is 0 Å². The van der Waals surface area contributed by atoms with Crippen LogP contribution in [0.2, 0.25) is 0 Å². The van der Waals surface area contributed by atoms with Crippen LogP contribution in [0.5, 0.6) is 0 Å². The lowest BCUT2D eigenvalue weighted by Crippen LogP contribution is -2.41. The van der Waals surface area contributed by atoms with Crippen LogP contribution in [0.1, 0.15) is 85.5 Å². The molecule has 1 N–H and O–H groups in total. The zero-order valence-corrected chi connectivity index (χ0v) is 13.2. The summed E-state index contributed by atoms with van der Waals surface area (Å²) in [5.41, 5.74) is 0. The first kappa shape index (κ1) is 16.0. The van der Waals surface area contributed by atoms with Crippen LogP contribution in [0.25, 0.3) is 0 Å². The van der Waals surface area contributed by atoms with Crippen molar-refractivity contribution in [3.8, 4) is 0 Å². The Hall–Kier alpha value is -0.0400. The van der Waals surface area contributed by atoms with Gasteiger partial charge >= 0.3 is 0 Å². The third-order valence-electron chi connectivity index (χ3n) is 4.89. The number of hydrogen-bond acceptors (Lipinski definition) is 1. The lowest BCUT2D eigenvalue weighted by atomic mass is 9.83. The molecule has 1 saturated carbocycles. The highest BCUT2D eigenvalue weighted by atomic mass is 14.9. The van der Waals surface area contributed by atoms with E-state index in [4.69, 9.17) is 0 Å². The number of rotatable bonds is 8. The minimum absolute atomic E-state index is 0.757. The first-order valence-electron chi connectivity index (χ1n) is 8.45. The topological polar surface area (TPSA) is 12.0 Å². The van der Waals surface area contributed by atoms with Gasteiger partial charge in [0.15, 0.2) is 0 Å². The van der Waals surface area contributed by atoms with Gasteiger partial charge in [0.1, 0.15) is 0 Å². The minimum Gasteiger partial charge on any atom is -0.311 e. The predicted molar refractivity (Wildman–Crippen MR) is 81.9 cm³/mol. The van der Waals surface area contributed by atoms with Crippen LogP contribution in [0.4, 0.5) is 0 Å². The Balaban J connectivity index is 2.25. The van der Waals surface area contributed by atoms with Gasteiger partial charge in [-0.1, -0.05) is 47.0 Å². The van der Waals surface area contributed by atoms with Gasteiger partial charge in [-0.05, 0) is 50.4 Å². The maximum Gasteiger partial charge on any atom is 0.00698 e. The summed E-state index contributed by atoms with van der Waals surface area (Å²) in [6.45, 7) is 9.36. The molecule has 1 aliphatic carbocycles. The average Bonchev–Trinajstić information content (AvgIpc) is 2.40. The molecule has 0 bridgehead atoms. The fourth-order valence-corrected chi connectivity index (χ4v) is 3.36. The third-order valence-corrected chi connectivity index (χ3v) is 4.89. The molecule has 2 unspecified atom stereocenters. The Labute approximate surface area is 115 Å². The Bertz CT molecular complexity index is 194. The summed E-state index contributed by atoms with van der Waals surface area (Å²) >= 11 is 0. The molecular formula is C17H35N. The predicted octanol–water partition coefficient (Wildman–Crippen LogP) is 5.15. The quantitative estimate of drug-likeness (QED) is 0.631. The largest absolute Gasteiger partial charge is 0.311 e. The molecule has 2 atom stereocenters. The number of hydrogen-bond donors (Lipinski definition) is 1. The molecule has 18 heavy (non-hydrogen) atoms. The van der Waals surface area contributed by atoms with Crippen molar-refractivity contribution in [1.29, 1.82) is 0 Å². The van der Waals surface area contributed by atoms with Gasteiger partial charge in [-0.2, -0.15) is 0 Å². The van der Waals surface area contributed by atoms with E-state index in [0.717, 1.165) is 23.9 Å². The molecule has 0 aromatic rings. The standard InChI is InChI=1S/C17H35N/c1-5-8-15-9-11-17(12-10-15)18-16(7-3)13-14(4)6-2/h14-18H,5-13H2,1-4H3. The van der Waals surface area contributed by atoms with E-state index in [1.54, 1.807) is 0 Å². The normalized spacial score (nSPS) is 28.0. The van der Waals surface area contributed by atoms with Crippen molar-refractivity contribution in [2.75, 3.05) is 0 Å². The lowest BCUT2D eigenvalue weighted by molar-refractivity contribution is 0.248. The average molecular weight is 253 g/mol. The lowest BCUT2D eigenvalue weighted by Gasteiger charge is -2.32. The zero-order chi connectivity index (χ0) is 13.4. The summed E-state index contributed by atoms with van der Waals surface area (Å²) in [4.78, 5) is 0. The molecule has 108 valence electrons. The molecule has 0 spiro atoms. The van der Waals surface area contributed by atoms with E-state index in [1.807, 2.05) is 0 Å². The monoisotopic (exact) mass is 253 g/mol. The van der Waals surface area contributed by atoms with Gasteiger partial charge in [-0.15, -0.1) is 0 Å². The van der Waals surface area contributed by atoms with Crippen molar-refractivity contribution in [1.82, 2.24) is 5.32 Å². The van der Waals surface area contributed by atoms with Gasteiger partial charge in [-0.25, -0.2) is 0 Å². The zero-order valence-electron chi connectivity index (χ0n) is 13.2. The SMILES string of the molecule is CCCC1CCC(NC(CC)CC(C)CC)CC1. The van der Waals surface area contributed by atoms with Crippen molar-refractivity contribution in [3.63, 3.8) is 0 Å². The van der Waals surface area contributed by atoms with Gasteiger partial charge < -0.3 is 5.32 Å². The Morgan fingerprint density at radius 3 is 2.17 bits per heavy atom. The van der Waals surface area contributed by atoms with Gasteiger partial charge in [0.2, 0.25) is 0 Å². The third kappa shape index (κ3) is 5.73. The summed E-state index contributed by atoms with van der Waals surface area (Å²) in [7, 11) is 0. The van der Waals surface area contributed by atoms with Crippen LogP contribution in [0.15, 0.2) is 0 Å². The highest BCUT2D eigenvalue weighted by Gasteiger charge is 2.22. The highest BCUT2D eigenvalue weighted by Crippen LogP contribution is 2.28. The Kier molecular flexibility index (Phi) is 7.97. The van der Waals surface area contributed by atoms with Crippen LogP contribution >= 0.6 is 0 Å². The molecule has 0 aromatic heterocycles. The maximum atomic E-state index is 3.93. The van der Waals surface area contributed by atoms with Crippen LogP contribution in [-0.2, 0) is 0 Å². The van der Waals surface area contributed by atoms with Gasteiger partial charge in [-0.3, -0.25) is 0 Å². The molecule has 0 aliphatic heterocycles. The summed E-state index contributed by atoms with van der Waals surface area (Å²) in [5, 5.41) is 3.93. The molecule has 1 heteroatoms. The molecule has 0 radical (unpaired) electrons. The summed E-state index contributed by atoms with van der Waals surface area (Å²) in [6, 6.07) is 1.57. The van der Waals surface area contributed by atoms with E-state index in [-0.39, 0.29) is 0 Å². The van der Waals surface area contributed by atoms with E-state index in [9.17, 15) is 0 Å². The van der Waals surface area contributed by atoms with Crippen LogP contribution in [-0.4, -0.2) is 12.1 Å². The maximum absolute atomic E-state index is 3.93. The molecule has 1 nitrogen and oxygen atoms in total. The molecule has 0 amide bonds. The smallest absolute Gasteiger partial charge is 0.00698 e. The summed E-state index contributed by atoms with van der Waals surface area (Å²) in [6.07, 6.45) is 12.6. The Morgan fingerprint density at radius 2 is 1.67 bits per heavy atom. The molecular weight excluding hydrogens is 218 g/mol. The van der Waals surface area contributed by atoms with Crippen molar-refractivity contribution in [2.45, 2.75) is 97.6 Å². The van der Waals surface area contributed by atoms with E-state index in [0.29, 0.717) is 0 Å². The molecule has 1 aliphatic rings. The summed E-state index contributed by atoms with van der Waals surface area (Å²) < 4.78 is 0. The minimum atomic E-state index is 0.757. The van der Waals surface area contributed by atoms with Crippen molar-refractivity contribution in [2.24, 2.45) is 11.8 Å². The molecule has 1 rings (SSSR count). The van der Waals surface area contributed by atoms with Crippen molar-refractivity contribution >= 4 is 0 Å². The Morgan fingerprint density at radius 1 is 1.00 bits per heavy atom. The second-order valence-corrected chi connectivity index (χ2v) is 6.53. The van der Waals surface area contributed by atoms with Crippen LogP contribution < -0.4 is 5.32 Å². The van der Waals surface area contributed by atoms with Gasteiger partial charge in [0.05, 0.1) is 0 Å². The fraction of sp³-hybridized carbons (Fsp3) is 1.00. The van der Waals surface area contributed by atoms with E-state index in [2.05, 4.69) is 33.0 Å². The fourth-order valence-electron chi connectivity index (χ4n) is 3.36. The van der Waals surface area contributed by atoms with Crippen LogP contribution in [0, 0.1) is 11.8 Å². The van der Waals surface area contributed by atoms with Gasteiger partial charge in [0, 0.05) is 12.1 Å². The van der Waals surface area contributed by atoms with E-state index in [1.165, 1.54) is 57.8 Å². The summed E-state index contributed by atoms with van der Waals surface area (Å²) in [5.74, 6) is 1.90. The first-order valence-corrected chi connectivity index (χ1v) is 8.45. The first-order chi connectivity index (χ1) is 8.69. The molecule has 1 fully saturated rings. The molecule has 0 aromatic carbocycles. The molecule has 0 saturated heterocycles. The molecule has 0 heterocycles. The number of nitrogens with one attached hydrogen (secondary N) is 1. The van der Waals surface area contributed by atoms with E-state index >= 15 is 0 Å². The van der Waals surface area contributed by atoms with Crippen LogP contribution in [0.3, 0.4) is 0 Å². The van der Waals surface area contributed by atoms with Crippen molar-refractivity contribution < 1.29 is 0 Å². The highest BCUT2D eigenvalue weighted by molar-refractivity contribution is 4.80. The van der Waals surface area contributed by atoms with Crippen molar-refractivity contribution in [3.05, 3.63) is 0 Å². The second kappa shape index (κ2) is 8.96. The van der Waals surface area contributed by atoms with E-state index < -0.39 is 0 Å². The second-order valence-electron chi connectivity index (χ2n) is 6.53.